The zero-order valence-electron chi connectivity index (χ0n) is 21.7. The monoisotopic (exact) mass is 618 g/mol. The van der Waals surface area contributed by atoms with E-state index in [9.17, 15) is 48.3 Å². The zero-order valence-corrected chi connectivity index (χ0v) is 21.7. The van der Waals surface area contributed by atoms with E-state index in [1.807, 2.05) is 0 Å². The Kier molecular flexibility index (Phi) is 9.02. The Balaban J connectivity index is 1.62. The highest BCUT2D eigenvalue weighted by atomic mass is 19.3. The minimum atomic E-state index is -4.78. The van der Waals surface area contributed by atoms with Crippen molar-refractivity contribution in [1.82, 2.24) is 0 Å². The number of ether oxygens (including phenoxy) is 2. The number of halogens is 11. The number of benzene rings is 4. The van der Waals surface area contributed by atoms with Crippen LogP contribution in [0.25, 0.3) is 22.3 Å². The third kappa shape index (κ3) is 6.76. The van der Waals surface area contributed by atoms with E-state index in [1.54, 1.807) is 6.92 Å². The summed E-state index contributed by atoms with van der Waals surface area (Å²) in [6.45, 7) is 1.76. The van der Waals surface area contributed by atoms with Gasteiger partial charge in [0.2, 0.25) is 0 Å². The highest BCUT2D eigenvalue weighted by Gasteiger charge is 2.41. The largest absolute Gasteiger partial charge is 0.453 e. The first kappa shape index (κ1) is 31.4. The number of aryl methyl sites for hydroxylation is 1. The van der Waals surface area contributed by atoms with Gasteiger partial charge < -0.3 is 9.47 Å². The highest BCUT2D eigenvalue weighted by molar-refractivity contribution is 5.67. The molecule has 0 radical (unpaired) electrons. The van der Waals surface area contributed by atoms with Crippen LogP contribution in [0.2, 0.25) is 0 Å². The van der Waals surface area contributed by atoms with Crippen molar-refractivity contribution >= 4 is 0 Å². The second kappa shape index (κ2) is 12.4. The molecule has 0 saturated heterocycles. The van der Waals surface area contributed by atoms with Crippen molar-refractivity contribution < 1.29 is 57.8 Å². The molecule has 0 bridgehead atoms. The molecule has 13 heteroatoms. The molecule has 0 aliphatic heterocycles. The Labute approximate surface area is 236 Å². The summed E-state index contributed by atoms with van der Waals surface area (Å²) in [4.78, 5) is 0. The molecule has 43 heavy (non-hydrogen) atoms. The van der Waals surface area contributed by atoms with Gasteiger partial charge in [-0.25, -0.2) is 30.7 Å². The lowest BCUT2D eigenvalue weighted by atomic mass is 9.98. The Hall–Kier alpha value is -4.55. The minimum absolute atomic E-state index is 0.228. The topological polar surface area (TPSA) is 18.5 Å². The highest BCUT2D eigenvalue weighted by Crippen LogP contribution is 2.39. The third-order valence-electron chi connectivity index (χ3n) is 6.02. The molecule has 4 aromatic rings. The van der Waals surface area contributed by atoms with Crippen molar-refractivity contribution in [3.63, 3.8) is 0 Å². The summed E-state index contributed by atoms with van der Waals surface area (Å²) in [5, 5.41) is 0. The molecular weight excluding hydrogens is 601 g/mol. The summed E-state index contributed by atoms with van der Waals surface area (Å²) in [5.41, 5.74) is -4.25. The summed E-state index contributed by atoms with van der Waals surface area (Å²) >= 11 is 0. The maximum atomic E-state index is 14.9. The van der Waals surface area contributed by atoms with E-state index in [1.165, 1.54) is 0 Å². The average molecular weight is 618 g/mol. The van der Waals surface area contributed by atoms with Crippen molar-refractivity contribution in [2.75, 3.05) is 0 Å². The first-order chi connectivity index (χ1) is 20.2. The molecule has 0 fully saturated rings. The fourth-order valence-electron chi connectivity index (χ4n) is 4.25. The Morgan fingerprint density at radius 3 is 1.77 bits per heavy atom. The molecule has 226 valence electrons. The van der Waals surface area contributed by atoms with Gasteiger partial charge in [-0.15, -0.1) is 0 Å². The molecule has 0 spiro atoms. The van der Waals surface area contributed by atoms with Crippen LogP contribution in [0.4, 0.5) is 48.3 Å². The van der Waals surface area contributed by atoms with Crippen LogP contribution >= 0.6 is 0 Å². The molecule has 0 aliphatic carbocycles. The van der Waals surface area contributed by atoms with Gasteiger partial charge >= 0.3 is 12.2 Å². The molecule has 0 aromatic heterocycles. The second-order valence-electron chi connectivity index (χ2n) is 9.05. The Morgan fingerprint density at radius 1 is 0.698 bits per heavy atom. The van der Waals surface area contributed by atoms with E-state index in [4.69, 9.17) is 0 Å². The average Bonchev–Trinajstić information content (AvgIpc) is 2.87. The molecule has 0 heterocycles. The smallest absolute Gasteiger partial charge is 0.432 e. The van der Waals surface area contributed by atoms with Crippen LogP contribution < -0.4 is 9.47 Å². The van der Waals surface area contributed by atoms with Crippen molar-refractivity contribution in [2.24, 2.45) is 0 Å². The van der Waals surface area contributed by atoms with Crippen LogP contribution in [0.15, 0.2) is 66.9 Å². The number of hydrogen-bond donors (Lipinski definition) is 0. The molecule has 2 nitrogen and oxygen atoms in total. The maximum absolute atomic E-state index is 14.9. The van der Waals surface area contributed by atoms with Crippen molar-refractivity contribution in [2.45, 2.75) is 25.9 Å². The van der Waals surface area contributed by atoms with Crippen molar-refractivity contribution in [3.8, 4) is 33.8 Å². The number of hydrogen-bond acceptors (Lipinski definition) is 2. The van der Waals surface area contributed by atoms with E-state index in [-0.39, 0.29) is 24.0 Å². The molecule has 0 unspecified atom stereocenters. The predicted molar refractivity (Wildman–Crippen MR) is 133 cm³/mol. The quantitative estimate of drug-likeness (QED) is 0.137. The van der Waals surface area contributed by atoms with Crippen LogP contribution in [-0.2, 0) is 12.5 Å². The van der Waals surface area contributed by atoms with E-state index in [0.29, 0.717) is 37.1 Å². The van der Waals surface area contributed by atoms with Crippen LogP contribution in [-0.4, -0.2) is 0 Å². The molecular formula is C30H17F11O2. The lowest BCUT2D eigenvalue weighted by Crippen LogP contribution is -2.25. The van der Waals surface area contributed by atoms with Gasteiger partial charge in [0.25, 0.3) is 0 Å². The predicted octanol–water partition coefficient (Wildman–Crippen LogP) is 10.2. The molecule has 0 atom stereocenters. The third-order valence-corrected chi connectivity index (χ3v) is 6.02. The Bertz CT molecular complexity index is 1640. The van der Waals surface area contributed by atoms with E-state index in [0.717, 1.165) is 18.2 Å². The second-order valence-corrected chi connectivity index (χ2v) is 9.05. The minimum Gasteiger partial charge on any atom is -0.453 e. The molecule has 4 aromatic carbocycles. The van der Waals surface area contributed by atoms with Crippen LogP contribution in [0.3, 0.4) is 0 Å². The van der Waals surface area contributed by atoms with Gasteiger partial charge in [0, 0.05) is 11.6 Å². The Morgan fingerprint density at radius 2 is 1.26 bits per heavy atom. The molecule has 0 saturated carbocycles. The van der Waals surface area contributed by atoms with Crippen molar-refractivity contribution in [3.05, 3.63) is 119 Å². The lowest BCUT2D eigenvalue weighted by molar-refractivity contribution is -0.189. The molecule has 0 amide bonds. The summed E-state index contributed by atoms with van der Waals surface area (Å²) in [6.07, 6.45) is -6.52. The molecule has 0 aliphatic rings. The number of rotatable bonds is 9. The summed E-state index contributed by atoms with van der Waals surface area (Å²) in [5.74, 6) is -12.7. The van der Waals surface area contributed by atoms with Gasteiger partial charge in [0.15, 0.2) is 23.6 Å². The van der Waals surface area contributed by atoms with Gasteiger partial charge in [0.1, 0.15) is 40.4 Å². The SMILES string of the molecule is CCCc1cc(F)c(-c2cc(F)c(C(F)(F)Oc3ccc(-c4cc(F)c(OC=C(F)F)c(F)c4)c(F)c3)c(F)c2)c(F)c1. The van der Waals surface area contributed by atoms with Crippen LogP contribution in [0.5, 0.6) is 11.5 Å². The normalized spacial score (nSPS) is 11.4. The van der Waals surface area contributed by atoms with E-state index in [2.05, 4.69) is 9.47 Å². The maximum Gasteiger partial charge on any atom is 0.432 e. The fraction of sp³-hybridized carbons (Fsp3) is 0.133. The fourth-order valence-corrected chi connectivity index (χ4v) is 4.25. The first-order valence-electron chi connectivity index (χ1n) is 12.2. The van der Waals surface area contributed by atoms with E-state index < -0.39 is 92.2 Å². The molecule has 4 rings (SSSR count). The van der Waals surface area contributed by atoms with Crippen molar-refractivity contribution in [1.29, 1.82) is 0 Å². The van der Waals surface area contributed by atoms with Crippen LogP contribution in [0.1, 0.15) is 24.5 Å². The van der Waals surface area contributed by atoms with Crippen LogP contribution in [0, 0.1) is 40.7 Å². The van der Waals surface area contributed by atoms with E-state index >= 15 is 0 Å². The van der Waals surface area contributed by atoms with Gasteiger partial charge in [0.05, 0.1) is 5.56 Å². The molecule has 0 N–H and O–H groups in total. The van der Waals surface area contributed by atoms with Gasteiger partial charge in [-0.2, -0.15) is 17.6 Å². The summed E-state index contributed by atoms with van der Waals surface area (Å²) < 4.78 is 164. The van der Waals surface area contributed by atoms with Gasteiger partial charge in [-0.1, -0.05) is 13.3 Å². The lowest BCUT2D eigenvalue weighted by Gasteiger charge is -2.20. The van der Waals surface area contributed by atoms with Gasteiger partial charge in [-0.3, -0.25) is 0 Å². The summed E-state index contributed by atoms with van der Waals surface area (Å²) in [7, 11) is 0. The number of alkyl halides is 2. The summed E-state index contributed by atoms with van der Waals surface area (Å²) in [6, 6.07) is 5.30. The first-order valence-corrected chi connectivity index (χ1v) is 12.2. The van der Waals surface area contributed by atoms with Gasteiger partial charge in [-0.05, 0) is 71.6 Å². The zero-order chi connectivity index (χ0) is 31.6. The standard InChI is InChI=1S/C30H17F11O2/c1-2-3-14-6-20(32)27(21(33)7-14)16-10-22(34)28(23(35)11-16)30(40,41)43-17-4-5-18(19(31)12-17)15-8-24(36)29(25(37)9-15)42-13-26(38)39/h4-13H,2-3H2,1H3.